The Bertz CT molecular complexity index is 1370. The van der Waals surface area contributed by atoms with Crippen molar-refractivity contribution < 1.29 is 22.7 Å². The molecular weight excluding hydrogens is 526 g/mol. The Morgan fingerprint density at radius 3 is 2.02 bits per heavy atom. The number of hydrogen-bond acceptors (Lipinski definition) is 5. The number of ether oxygens (including phenoxy) is 1. The van der Waals surface area contributed by atoms with Crippen molar-refractivity contribution in [1.29, 1.82) is 0 Å². The normalized spacial score (nSPS) is 11.9. The Balaban J connectivity index is 1.98. The van der Waals surface area contributed by atoms with Gasteiger partial charge in [0.15, 0.2) is 0 Å². The van der Waals surface area contributed by atoms with Gasteiger partial charge in [-0.05, 0) is 69.2 Å². The lowest BCUT2D eigenvalue weighted by Crippen LogP contribution is -2.51. The van der Waals surface area contributed by atoms with Crippen LogP contribution in [0.2, 0.25) is 0 Å². The Kier molecular flexibility index (Phi) is 10.7. The lowest BCUT2D eigenvalue weighted by atomic mass is 10.1. The van der Waals surface area contributed by atoms with E-state index in [1.807, 2.05) is 32.9 Å². The van der Waals surface area contributed by atoms with Gasteiger partial charge in [-0.25, -0.2) is 8.42 Å². The summed E-state index contributed by atoms with van der Waals surface area (Å²) in [5, 5.41) is 2.89. The summed E-state index contributed by atoms with van der Waals surface area (Å²) < 4.78 is 34.1. The SMILES string of the molecule is CCCCNC(=O)C(C)N(Cc1ccc(OC)cc1)C(=O)CN(c1ccc(C)cc1)S(=O)(=O)c1ccc(C)cc1. The van der Waals surface area contributed by atoms with Crippen LogP contribution in [0, 0.1) is 13.8 Å². The smallest absolute Gasteiger partial charge is 0.264 e. The number of nitrogens with one attached hydrogen (secondary N) is 1. The van der Waals surface area contributed by atoms with Crippen molar-refractivity contribution in [1.82, 2.24) is 10.2 Å². The number of hydrogen-bond donors (Lipinski definition) is 1. The molecule has 9 heteroatoms. The molecule has 1 unspecified atom stereocenters. The maximum atomic E-state index is 13.9. The highest BCUT2D eigenvalue weighted by molar-refractivity contribution is 7.92. The molecule has 0 bridgehead atoms. The molecule has 1 atom stereocenters. The van der Waals surface area contributed by atoms with Gasteiger partial charge in [0.2, 0.25) is 11.8 Å². The molecule has 0 radical (unpaired) electrons. The minimum absolute atomic E-state index is 0.0820. The van der Waals surface area contributed by atoms with Crippen LogP contribution in [0.25, 0.3) is 0 Å². The van der Waals surface area contributed by atoms with Crippen LogP contribution in [0.3, 0.4) is 0 Å². The average Bonchev–Trinajstić information content (AvgIpc) is 2.95. The van der Waals surface area contributed by atoms with E-state index in [1.54, 1.807) is 62.6 Å². The molecule has 0 fully saturated rings. The summed E-state index contributed by atoms with van der Waals surface area (Å²) in [6.45, 7) is 7.63. The number of amides is 2. The first-order chi connectivity index (χ1) is 19.1. The summed E-state index contributed by atoms with van der Waals surface area (Å²) in [5.41, 5.74) is 3.03. The predicted molar refractivity (Wildman–Crippen MR) is 158 cm³/mol. The first kappa shape index (κ1) is 30.7. The fourth-order valence-electron chi connectivity index (χ4n) is 4.12. The first-order valence-electron chi connectivity index (χ1n) is 13.4. The average molecular weight is 566 g/mol. The van der Waals surface area contributed by atoms with Crippen molar-refractivity contribution in [2.24, 2.45) is 0 Å². The number of carbonyl (C=O) groups is 2. The fraction of sp³-hybridized carbons (Fsp3) is 0.355. The van der Waals surface area contributed by atoms with Crippen molar-refractivity contribution in [2.75, 3.05) is 24.5 Å². The van der Waals surface area contributed by atoms with E-state index in [2.05, 4.69) is 5.32 Å². The van der Waals surface area contributed by atoms with Crippen molar-refractivity contribution in [3.05, 3.63) is 89.5 Å². The Morgan fingerprint density at radius 2 is 1.48 bits per heavy atom. The third kappa shape index (κ3) is 7.85. The zero-order valence-electron chi connectivity index (χ0n) is 23.9. The fourth-order valence-corrected chi connectivity index (χ4v) is 5.54. The third-order valence-electron chi connectivity index (χ3n) is 6.72. The third-order valence-corrected chi connectivity index (χ3v) is 8.51. The van der Waals surface area contributed by atoms with Gasteiger partial charge in [-0.15, -0.1) is 0 Å². The molecule has 0 aliphatic rings. The summed E-state index contributed by atoms with van der Waals surface area (Å²) in [6.07, 6.45) is 1.74. The highest BCUT2D eigenvalue weighted by Crippen LogP contribution is 2.25. The van der Waals surface area contributed by atoms with Gasteiger partial charge < -0.3 is 15.0 Å². The highest BCUT2D eigenvalue weighted by atomic mass is 32.2. The summed E-state index contributed by atoms with van der Waals surface area (Å²) in [7, 11) is -2.52. The minimum Gasteiger partial charge on any atom is -0.497 e. The molecule has 0 heterocycles. The molecule has 0 aliphatic carbocycles. The monoisotopic (exact) mass is 565 g/mol. The molecule has 0 saturated carbocycles. The molecule has 8 nitrogen and oxygen atoms in total. The number of carbonyl (C=O) groups excluding carboxylic acids is 2. The van der Waals surface area contributed by atoms with Crippen molar-refractivity contribution >= 4 is 27.5 Å². The van der Waals surface area contributed by atoms with Gasteiger partial charge in [0, 0.05) is 13.1 Å². The van der Waals surface area contributed by atoms with Crippen LogP contribution in [-0.4, -0.2) is 51.4 Å². The number of aryl methyl sites for hydroxylation is 2. The topological polar surface area (TPSA) is 96.0 Å². The lowest BCUT2D eigenvalue weighted by Gasteiger charge is -2.32. The second-order valence-corrected chi connectivity index (χ2v) is 11.7. The van der Waals surface area contributed by atoms with Crippen LogP contribution in [-0.2, 0) is 26.2 Å². The van der Waals surface area contributed by atoms with E-state index in [0.717, 1.165) is 33.8 Å². The zero-order valence-corrected chi connectivity index (χ0v) is 24.7. The molecule has 1 N–H and O–H groups in total. The number of rotatable bonds is 13. The van der Waals surface area contributed by atoms with Gasteiger partial charge in [-0.1, -0.05) is 60.9 Å². The molecule has 0 aliphatic heterocycles. The van der Waals surface area contributed by atoms with Crippen LogP contribution in [0.15, 0.2) is 77.7 Å². The van der Waals surface area contributed by atoms with Crippen LogP contribution >= 0.6 is 0 Å². The molecule has 0 spiro atoms. The van der Waals surface area contributed by atoms with E-state index in [9.17, 15) is 18.0 Å². The van der Waals surface area contributed by atoms with Gasteiger partial charge in [0.25, 0.3) is 10.0 Å². The number of unbranched alkanes of at least 4 members (excludes halogenated alkanes) is 1. The van der Waals surface area contributed by atoms with Gasteiger partial charge in [-0.2, -0.15) is 0 Å². The largest absolute Gasteiger partial charge is 0.497 e. The van der Waals surface area contributed by atoms with Gasteiger partial charge >= 0.3 is 0 Å². The lowest BCUT2D eigenvalue weighted by molar-refractivity contribution is -0.139. The number of benzene rings is 3. The molecule has 0 aromatic heterocycles. The zero-order chi connectivity index (χ0) is 29.3. The summed E-state index contributed by atoms with van der Waals surface area (Å²) >= 11 is 0. The van der Waals surface area contributed by atoms with Crippen molar-refractivity contribution in [3.8, 4) is 5.75 Å². The molecule has 3 rings (SSSR count). The maximum Gasteiger partial charge on any atom is 0.264 e. The standard InChI is InChI=1S/C31H39N3O5S/c1-6-7-20-32-31(36)25(4)33(21-26-12-16-28(39-5)17-13-26)30(35)22-34(27-14-8-23(2)9-15-27)40(37,38)29-18-10-24(3)11-19-29/h8-19,25H,6-7,20-22H2,1-5H3,(H,32,36). The molecule has 40 heavy (non-hydrogen) atoms. The summed E-state index contributed by atoms with van der Waals surface area (Å²) in [4.78, 5) is 28.5. The second kappa shape index (κ2) is 14.0. The highest BCUT2D eigenvalue weighted by Gasteiger charge is 2.32. The van der Waals surface area contributed by atoms with Crippen LogP contribution in [0.1, 0.15) is 43.4 Å². The predicted octanol–water partition coefficient (Wildman–Crippen LogP) is 4.84. The number of sulfonamides is 1. The molecule has 2 amide bonds. The van der Waals surface area contributed by atoms with E-state index in [1.165, 1.54) is 17.0 Å². The quantitative estimate of drug-likeness (QED) is 0.299. The molecule has 3 aromatic rings. The van der Waals surface area contributed by atoms with Crippen molar-refractivity contribution in [2.45, 2.75) is 58.0 Å². The van der Waals surface area contributed by atoms with Crippen LogP contribution in [0.5, 0.6) is 5.75 Å². The van der Waals surface area contributed by atoms with E-state index in [4.69, 9.17) is 4.74 Å². The Morgan fingerprint density at radius 1 is 0.900 bits per heavy atom. The number of anilines is 1. The summed E-state index contributed by atoms with van der Waals surface area (Å²) in [5.74, 6) is -0.120. The Hall–Kier alpha value is -3.85. The van der Waals surface area contributed by atoms with E-state index in [-0.39, 0.29) is 17.3 Å². The minimum atomic E-state index is -4.09. The molecular formula is C31H39N3O5S. The number of nitrogens with zero attached hydrogens (tertiary/aromatic N) is 2. The Labute approximate surface area is 238 Å². The summed E-state index contributed by atoms with van der Waals surface area (Å²) in [6, 6.07) is 19.9. The first-order valence-corrected chi connectivity index (χ1v) is 14.9. The molecule has 0 saturated heterocycles. The van der Waals surface area contributed by atoms with Gasteiger partial charge in [0.1, 0.15) is 18.3 Å². The van der Waals surface area contributed by atoms with E-state index >= 15 is 0 Å². The van der Waals surface area contributed by atoms with Crippen molar-refractivity contribution in [3.63, 3.8) is 0 Å². The van der Waals surface area contributed by atoms with Crippen LogP contribution in [0.4, 0.5) is 5.69 Å². The van der Waals surface area contributed by atoms with E-state index in [0.29, 0.717) is 18.0 Å². The molecule has 214 valence electrons. The van der Waals surface area contributed by atoms with Gasteiger partial charge in [-0.3, -0.25) is 13.9 Å². The number of methoxy groups -OCH3 is 1. The maximum absolute atomic E-state index is 13.9. The second-order valence-electron chi connectivity index (χ2n) is 9.85. The van der Waals surface area contributed by atoms with Gasteiger partial charge in [0.05, 0.1) is 17.7 Å². The molecule has 3 aromatic carbocycles. The van der Waals surface area contributed by atoms with E-state index < -0.39 is 28.5 Å². The van der Waals surface area contributed by atoms with Crippen LogP contribution < -0.4 is 14.4 Å².